The maximum atomic E-state index is 13.1. The first-order chi connectivity index (χ1) is 17.6. The van der Waals surface area contributed by atoms with Crippen LogP contribution in [0.4, 0.5) is 24.7 Å². The molecular formula is C27H30F3N5OS. The van der Waals surface area contributed by atoms with Crippen LogP contribution in [0.15, 0.2) is 59.8 Å². The molecule has 1 aliphatic heterocycles. The molecule has 0 spiro atoms. The van der Waals surface area contributed by atoms with E-state index in [4.69, 9.17) is 4.98 Å². The number of alkyl halides is 3. The summed E-state index contributed by atoms with van der Waals surface area (Å²) in [5, 5.41) is 0.668. The van der Waals surface area contributed by atoms with Crippen molar-refractivity contribution in [1.82, 2.24) is 14.9 Å². The molecular weight excluding hydrogens is 499 g/mol. The van der Waals surface area contributed by atoms with Gasteiger partial charge in [-0.05, 0) is 49.7 Å². The van der Waals surface area contributed by atoms with Gasteiger partial charge in [0, 0.05) is 68.5 Å². The number of aryl methyl sites for hydroxylation is 1. The van der Waals surface area contributed by atoms with Gasteiger partial charge in [-0.2, -0.15) is 13.2 Å². The molecule has 10 heteroatoms. The lowest BCUT2D eigenvalue weighted by Gasteiger charge is -2.37. The van der Waals surface area contributed by atoms with E-state index in [1.54, 1.807) is 18.0 Å². The molecule has 3 aromatic rings. The van der Waals surface area contributed by atoms with Crippen molar-refractivity contribution in [2.75, 3.05) is 49.6 Å². The van der Waals surface area contributed by atoms with Crippen LogP contribution in [0.1, 0.15) is 34.1 Å². The third-order valence-corrected chi connectivity index (χ3v) is 7.27. The van der Waals surface area contributed by atoms with Gasteiger partial charge in [0.1, 0.15) is 5.82 Å². The van der Waals surface area contributed by atoms with E-state index in [0.717, 1.165) is 23.1 Å². The van der Waals surface area contributed by atoms with Gasteiger partial charge in [-0.3, -0.25) is 4.79 Å². The van der Waals surface area contributed by atoms with E-state index in [9.17, 15) is 18.0 Å². The lowest BCUT2D eigenvalue weighted by atomic mass is 10.1. The van der Waals surface area contributed by atoms with Gasteiger partial charge >= 0.3 is 6.18 Å². The van der Waals surface area contributed by atoms with Crippen LogP contribution in [-0.2, 0) is 11.9 Å². The third kappa shape index (κ3) is 6.74. The van der Waals surface area contributed by atoms with Gasteiger partial charge in [0.15, 0.2) is 5.16 Å². The molecule has 37 heavy (non-hydrogen) atoms. The highest BCUT2D eigenvalue weighted by molar-refractivity contribution is 7.98. The fourth-order valence-corrected chi connectivity index (χ4v) is 4.93. The molecule has 1 aliphatic rings. The Morgan fingerprint density at radius 1 is 1.00 bits per heavy atom. The van der Waals surface area contributed by atoms with Crippen LogP contribution in [0.25, 0.3) is 0 Å². The summed E-state index contributed by atoms with van der Waals surface area (Å²) in [6, 6.07) is 15.0. The molecule has 2 heterocycles. The van der Waals surface area contributed by atoms with Crippen molar-refractivity contribution >= 4 is 29.2 Å². The smallest absolute Gasteiger partial charge is 0.368 e. The highest BCUT2D eigenvalue weighted by Gasteiger charge is 2.31. The molecule has 1 amide bonds. The second-order valence-corrected chi connectivity index (χ2v) is 9.92. The number of benzene rings is 2. The second-order valence-electron chi connectivity index (χ2n) is 8.98. The minimum Gasteiger partial charge on any atom is -0.368 e. The van der Waals surface area contributed by atoms with Crippen LogP contribution in [-0.4, -0.2) is 60.5 Å². The summed E-state index contributed by atoms with van der Waals surface area (Å²) in [6.45, 7) is 7.03. The molecule has 2 aromatic carbocycles. The monoisotopic (exact) mass is 529 g/mol. The Labute approximate surface area is 219 Å². The van der Waals surface area contributed by atoms with Crippen LogP contribution in [0, 0.1) is 6.92 Å². The van der Waals surface area contributed by atoms with Crippen molar-refractivity contribution in [3.05, 3.63) is 77.0 Å². The highest BCUT2D eigenvalue weighted by Crippen LogP contribution is 2.32. The number of carbonyl (C=O) groups is 1. The van der Waals surface area contributed by atoms with Crippen LogP contribution in [0.5, 0.6) is 0 Å². The minimum absolute atomic E-state index is 0.00140. The number of aromatic nitrogens is 2. The number of amides is 1. The number of carbonyl (C=O) groups excluding carboxylic acids is 1. The first kappa shape index (κ1) is 26.8. The van der Waals surface area contributed by atoms with E-state index < -0.39 is 11.7 Å². The quantitative estimate of drug-likeness (QED) is 0.297. The molecule has 6 nitrogen and oxygen atoms in total. The number of anilines is 2. The van der Waals surface area contributed by atoms with E-state index in [-0.39, 0.29) is 5.91 Å². The molecule has 0 radical (unpaired) electrons. The zero-order valence-electron chi connectivity index (χ0n) is 21.1. The first-order valence-electron chi connectivity index (χ1n) is 12.1. The Kier molecular flexibility index (Phi) is 8.26. The fraction of sp³-hybridized carbons (Fsp3) is 0.370. The second kappa shape index (κ2) is 11.4. The summed E-state index contributed by atoms with van der Waals surface area (Å²) >= 11 is 1.53. The Morgan fingerprint density at radius 2 is 1.68 bits per heavy atom. The molecule has 0 saturated carbocycles. The largest absolute Gasteiger partial charge is 0.416 e. The predicted octanol–water partition coefficient (Wildman–Crippen LogP) is 5.51. The van der Waals surface area contributed by atoms with Gasteiger partial charge in [-0.15, -0.1) is 0 Å². The highest BCUT2D eigenvalue weighted by atomic mass is 32.2. The van der Waals surface area contributed by atoms with E-state index in [1.807, 2.05) is 49.1 Å². The maximum Gasteiger partial charge on any atom is 0.416 e. The first-order valence-corrected chi connectivity index (χ1v) is 13.1. The lowest BCUT2D eigenvalue weighted by Crippen LogP contribution is -2.47. The van der Waals surface area contributed by atoms with Crippen molar-refractivity contribution in [2.24, 2.45) is 0 Å². The van der Waals surface area contributed by atoms with Gasteiger partial charge in [0.25, 0.3) is 5.91 Å². The number of hydrogen-bond donors (Lipinski definition) is 0. The summed E-state index contributed by atoms with van der Waals surface area (Å²) in [5.74, 6) is 1.49. The van der Waals surface area contributed by atoms with Crippen LogP contribution in [0.3, 0.4) is 0 Å². The van der Waals surface area contributed by atoms with Gasteiger partial charge in [0.05, 0.1) is 5.56 Å². The van der Waals surface area contributed by atoms with E-state index in [1.165, 1.54) is 23.9 Å². The standard InChI is InChI=1S/C27H30F3N5OS/c1-4-33(3)25(36)21-10-8-20(9-11-21)18-37-26-31-19(2)16-24(32-26)35-14-12-34(13-15-35)23-7-5-6-22(17-23)27(28,29)30/h5-11,16-17H,4,12-15,18H2,1-3H3. The summed E-state index contributed by atoms with van der Waals surface area (Å²) in [7, 11) is 1.78. The Bertz CT molecular complexity index is 1230. The summed E-state index contributed by atoms with van der Waals surface area (Å²) in [6.07, 6.45) is -4.35. The maximum absolute atomic E-state index is 13.1. The fourth-order valence-electron chi connectivity index (χ4n) is 4.08. The number of nitrogens with zero attached hydrogens (tertiary/aromatic N) is 5. The Balaban J connectivity index is 1.37. The normalized spacial score (nSPS) is 14.1. The summed E-state index contributed by atoms with van der Waals surface area (Å²) < 4.78 is 39.3. The number of piperazine rings is 1. The average Bonchev–Trinajstić information content (AvgIpc) is 2.90. The van der Waals surface area contributed by atoms with E-state index in [0.29, 0.717) is 54.9 Å². The van der Waals surface area contributed by atoms with Crippen molar-refractivity contribution in [3.8, 4) is 0 Å². The molecule has 196 valence electrons. The zero-order valence-corrected chi connectivity index (χ0v) is 21.9. The third-order valence-electron chi connectivity index (χ3n) is 6.35. The van der Waals surface area contributed by atoms with Crippen molar-refractivity contribution in [2.45, 2.75) is 30.9 Å². The number of thioether (sulfide) groups is 1. The van der Waals surface area contributed by atoms with Gasteiger partial charge < -0.3 is 14.7 Å². The van der Waals surface area contributed by atoms with Crippen LogP contribution < -0.4 is 9.80 Å². The lowest BCUT2D eigenvalue weighted by molar-refractivity contribution is -0.137. The number of hydrogen-bond acceptors (Lipinski definition) is 6. The predicted molar refractivity (Wildman–Crippen MR) is 141 cm³/mol. The van der Waals surface area contributed by atoms with E-state index >= 15 is 0 Å². The molecule has 1 aromatic heterocycles. The Morgan fingerprint density at radius 3 is 2.32 bits per heavy atom. The number of halogens is 3. The molecule has 0 N–H and O–H groups in total. The van der Waals surface area contributed by atoms with Crippen LogP contribution in [0.2, 0.25) is 0 Å². The summed E-state index contributed by atoms with van der Waals surface area (Å²) in [4.78, 5) is 27.4. The molecule has 4 rings (SSSR count). The van der Waals surface area contributed by atoms with Gasteiger partial charge in [-0.1, -0.05) is 30.0 Å². The molecule has 1 saturated heterocycles. The van der Waals surface area contributed by atoms with Gasteiger partial charge in [0.2, 0.25) is 0 Å². The molecule has 0 atom stereocenters. The van der Waals surface area contributed by atoms with Crippen LogP contribution >= 0.6 is 11.8 Å². The van der Waals surface area contributed by atoms with Gasteiger partial charge in [-0.25, -0.2) is 9.97 Å². The molecule has 0 aliphatic carbocycles. The SMILES string of the molecule is CCN(C)C(=O)c1ccc(CSc2nc(C)cc(N3CCN(c4cccc(C(F)(F)F)c4)CC3)n2)cc1. The molecule has 0 unspecified atom stereocenters. The minimum atomic E-state index is -4.35. The topological polar surface area (TPSA) is 52.6 Å². The summed E-state index contributed by atoms with van der Waals surface area (Å²) in [5.41, 5.74) is 2.54. The number of rotatable bonds is 7. The zero-order chi connectivity index (χ0) is 26.6. The van der Waals surface area contributed by atoms with Crippen molar-refractivity contribution < 1.29 is 18.0 Å². The average molecular weight is 530 g/mol. The molecule has 1 fully saturated rings. The van der Waals surface area contributed by atoms with E-state index in [2.05, 4.69) is 9.88 Å². The van der Waals surface area contributed by atoms with Crippen molar-refractivity contribution in [3.63, 3.8) is 0 Å². The Hall–Kier alpha value is -3.27. The van der Waals surface area contributed by atoms with Crippen molar-refractivity contribution in [1.29, 1.82) is 0 Å². The molecule has 0 bridgehead atoms.